The standard InChI is InChI=1S/C35H34N4O4/c1-43-24-13-9-12-23(20-24)32-31-27(25-14-5-7-16-28(25)37-31)21-30-34(41)39(35(42)38(30)32)29-17-8-6-15-26(29)33(40)36-19-18-22-10-3-2-4-11-22/h5-10,12-17,20,30,32,37H,2-4,11,18-19,21H2,1H3,(H,36,40)/t30-,32?/m0/s1. The second kappa shape index (κ2) is 11.1. The number of aromatic nitrogens is 1. The van der Waals surface area contributed by atoms with Gasteiger partial charge in [0.05, 0.1) is 18.4 Å². The number of imide groups is 1. The van der Waals surface area contributed by atoms with Gasteiger partial charge >= 0.3 is 6.03 Å². The van der Waals surface area contributed by atoms with Crippen LogP contribution in [0.5, 0.6) is 5.75 Å². The van der Waals surface area contributed by atoms with Crippen LogP contribution in [0.15, 0.2) is 84.4 Å². The molecule has 8 nitrogen and oxygen atoms in total. The third-order valence-electron chi connectivity index (χ3n) is 8.96. The number of anilines is 1. The minimum absolute atomic E-state index is 0.293. The molecule has 7 rings (SSSR count). The van der Waals surface area contributed by atoms with E-state index in [4.69, 9.17) is 4.74 Å². The molecule has 1 saturated heterocycles. The zero-order valence-corrected chi connectivity index (χ0v) is 24.1. The fraction of sp³-hybridized carbons (Fsp3) is 0.286. The zero-order chi connectivity index (χ0) is 29.5. The lowest BCUT2D eigenvalue weighted by molar-refractivity contribution is -0.120. The number of ether oxygens (including phenoxy) is 1. The quantitative estimate of drug-likeness (QED) is 0.201. The largest absolute Gasteiger partial charge is 0.497 e. The van der Waals surface area contributed by atoms with E-state index in [1.165, 1.54) is 23.3 Å². The highest BCUT2D eigenvalue weighted by molar-refractivity contribution is 6.24. The number of benzene rings is 3. The lowest BCUT2D eigenvalue weighted by Gasteiger charge is -2.36. The Morgan fingerprint density at radius 1 is 1.02 bits per heavy atom. The van der Waals surface area contributed by atoms with Gasteiger partial charge < -0.3 is 15.0 Å². The third kappa shape index (κ3) is 4.67. The van der Waals surface area contributed by atoms with Gasteiger partial charge in [-0.3, -0.25) is 14.5 Å². The van der Waals surface area contributed by atoms with Crippen molar-refractivity contribution in [2.75, 3.05) is 18.6 Å². The summed E-state index contributed by atoms with van der Waals surface area (Å²) in [6, 6.07) is 20.8. The molecule has 3 aromatic carbocycles. The normalized spacial score (nSPS) is 19.7. The van der Waals surface area contributed by atoms with Crippen molar-refractivity contribution in [1.82, 2.24) is 15.2 Å². The van der Waals surface area contributed by atoms with Crippen molar-refractivity contribution in [1.29, 1.82) is 0 Å². The van der Waals surface area contributed by atoms with Gasteiger partial charge in [0, 0.05) is 29.6 Å². The molecule has 218 valence electrons. The summed E-state index contributed by atoms with van der Waals surface area (Å²) in [6.45, 7) is 0.509. The number of H-pyrrole nitrogens is 1. The predicted molar refractivity (Wildman–Crippen MR) is 165 cm³/mol. The highest BCUT2D eigenvalue weighted by Crippen LogP contribution is 2.45. The van der Waals surface area contributed by atoms with Crippen molar-refractivity contribution >= 4 is 34.4 Å². The Hall–Kier alpha value is -4.85. The van der Waals surface area contributed by atoms with Crippen molar-refractivity contribution < 1.29 is 19.1 Å². The number of hydrogen-bond donors (Lipinski definition) is 2. The van der Waals surface area contributed by atoms with E-state index in [2.05, 4.69) is 16.4 Å². The number of nitrogens with one attached hydrogen (secondary N) is 2. The van der Waals surface area contributed by atoms with Crippen LogP contribution in [0.25, 0.3) is 10.9 Å². The Morgan fingerprint density at radius 2 is 1.86 bits per heavy atom. The summed E-state index contributed by atoms with van der Waals surface area (Å²) in [7, 11) is 1.61. The molecule has 2 N–H and O–H groups in total. The average Bonchev–Trinajstić information content (AvgIpc) is 3.54. The third-order valence-corrected chi connectivity index (χ3v) is 8.96. The highest BCUT2D eigenvalue weighted by atomic mass is 16.5. The average molecular weight is 575 g/mol. The Labute approximate surface area is 250 Å². The van der Waals surface area contributed by atoms with E-state index in [1.54, 1.807) is 36.3 Å². The van der Waals surface area contributed by atoms with Gasteiger partial charge in [-0.15, -0.1) is 0 Å². The molecule has 0 radical (unpaired) electrons. The number of aromatic amines is 1. The second-order valence-electron chi connectivity index (χ2n) is 11.5. The minimum Gasteiger partial charge on any atom is -0.497 e. The van der Waals surface area contributed by atoms with Gasteiger partial charge in [0.25, 0.3) is 11.8 Å². The number of hydrogen-bond acceptors (Lipinski definition) is 4. The molecule has 4 amide bonds. The van der Waals surface area contributed by atoms with E-state index in [0.29, 0.717) is 30.0 Å². The molecule has 3 aliphatic rings. The molecule has 0 bridgehead atoms. The van der Waals surface area contributed by atoms with E-state index in [1.807, 2.05) is 48.5 Å². The maximum atomic E-state index is 14.4. The number of nitrogens with zero attached hydrogens (tertiary/aromatic N) is 2. The SMILES string of the molecule is COc1cccc(C2c3[nH]c4ccccc4c3C[C@H]3C(=O)N(c4ccccc4C(=O)NCCC4=CCCCC4)C(=O)N23)c1. The molecule has 4 aromatic rings. The van der Waals surface area contributed by atoms with E-state index < -0.39 is 18.1 Å². The van der Waals surface area contributed by atoms with Crippen LogP contribution in [0.2, 0.25) is 0 Å². The lowest BCUT2D eigenvalue weighted by atomic mass is 9.89. The topological polar surface area (TPSA) is 94.7 Å². The molecule has 1 aliphatic carbocycles. The van der Waals surface area contributed by atoms with Gasteiger partial charge in [0.1, 0.15) is 17.8 Å². The fourth-order valence-corrected chi connectivity index (χ4v) is 6.88. The maximum absolute atomic E-state index is 14.4. The van der Waals surface area contributed by atoms with Crippen molar-refractivity contribution in [3.63, 3.8) is 0 Å². The van der Waals surface area contributed by atoms with Gasteiger partial charge in [-0.25, -0.2) is 9.69 Å². The van der Waals surface area contributed by atoms with Crippen LogP contribution in [0, 0.1) is 0 Å². The molecule has 8 heteroatoms. The van der Waals surface area contributed by atoms with Gasteiger partial charge in [-0.2, -0.15) is 0 Å². The lowest BCUT2D eigenvalue weighted by Crippen LogP contribution is -2.44. The number of allylic oxidation sites excluding steroid dienone is 1. The monoisotopic (exact) mass is 574 g/mol. The van der Waals surface area contributed by atoms with E-state index in [9.17, 15) is 14.4 Å². The molecule has 1 aromatic heterocycles. The van der Waals surface area contributed by atoms with Gasteiger partial charge in [-0.1, -0.05) is 54.1 Å². The Bertz CT molecular complexity index is 1770. The molecular weight excluding hydrogens is 540 g/mol. The fourth-order valence-electron chi connectivity index (χ4n) is 6.88. The van der Waals surface area contributed by atoms with Crippen LogP contribution in [0.3, 0.4) is 0 Å². The molecule has 2 atom stereocenters. The summed E-state index contributed by atoms with van der Waals surface area (Å²) >= 11 is 0. The summed E-state index contributed by atoms with van der Waals surface area (Å²) in [5.74, 6) is 0.0394. The van der Waals surface area contributed by atoms with Gasteiger partial charge in [0.2, 0.25) is 0 Å². The van der Waals surface area contributed by atoms with Crippen LogP contribution in [0.4, 0.5) is 10.5 Å². The van der Waals surface area contributed by atoms with Gasteiger partial charge in [-0.05, 0) is 73.6 Å². The van der Waals surface area contributed by atoms with E-state index >= 15 is 0 Å². The van der Waals surface area contributed by atoms with E-state index in [0.717, 1.165) is 47.0 Å². The molecule has 0 spiro atoms. The first kappa shape index (κ1) is 27.0. The van der Waals surface area contributed by atoms with Crippen LogP contribution >= 0.6 is 0 Å². The van der Waals surface area contributed by atoms with Crippen LogP contribution in [-0.4, -0.2) is 47.4 Å². The number of methoxy groups -OCH3 is 1. The zero-order valence-electron chi connectivity index (χ0n) is 24.1. The number of carbonyl (C=O) groups is 3. The molecule has 1 fully saturated rings. The highest BCUT2D eigenvalue weighted by Gasteiger charge is 2.53. The van der Waals surface area contributed by atoms with Crippen molar-refractivity contribution in [3.8, 4) is 5.75 Å². The summed E-state index contributed by atoms with van der Waals surface area (Å²) in [5.41, 5.74) is 5.70. The summed E-state index contributed by atoms with van der Waals surface area (Å²) < 4.78 is 5.52. The van der Waals surface area contributed by atoms with Gasteiger partial charge in [0.15, 0.2) is 0 Å². The van der Waals surface area contributed by atoms with Crippen molar-refractivity contribution in [2.45, 2.75) is 50.6 Å². The number of urea groups is 1. The van der Waals surface area contributed by atoms with E-state index in [-0.39, 0.29) is 11.8 Å². The summed E-state index contributed by atoms with van der Waals surface area (Å²) in [4.78, 5) is 48.4. The number of rotatable bonds is 7. The first-order valence-corrected chi connectivity index (χ1v) is 15.0. The second-order valence-corrected chi connectivity index (χ2v) is 11.5. The molecular formula is C35H34N4O4. The smallest absolute Gasteiger partial charge is 0.332 e. The number of para-hydroxylation sites is 2. The minimum atomic E-state index is -0.718. The Kier molecular flexibility index (Phi) is 6.97. The van der Waals surface area contributed by atoms with Crippen LogP contribution in [0.1, 0.15) is 65.3 Å². The first-order valence-electron chi connectivity index (χ1n) is 15.0. The molecule has 3 heterocycles. The first-order chi connectivity index (χ1) is 21.0. The Morgan fingerprint density at radius 3 is 2.70 bits per heavy atom. The Balaban J connectivity index is 1.25. The van der Waals surface area contributed by atoms with Crippen LogP contribution < -0.4 is 15.0 Å². The number of amides is 4. The molecule has 2 aliphatic heterocycles. The molecule has 0 saturated carbocycles. The summed E-state index contributed by atoms with van der Waals surface area (Å²) in [5, 5.41) is 4.06. The van der Waals surface area contributed by atoms with Crippen molar-refractivity contribution in [2.24, 2.45) is 0 Å². The molecule has 1 unspecified atom stereocenters. The molecule has 43 heavy (non-hydrogen) atoms. The predicted octanol–water partition coefficient (Wildman–Crippen LogP) is 6.28. The maximum Gasteiger partial charge on any atom is 0.332 e. The van der Waals surface area contributed by atoms with Crippen LogP contribution in [-0.2, 0) is 11.2 Å². The van der Waals surface area contributed by atoms with Crippen molar-refractivity contribution in [3.05, 3.63) is 107 Å². The number of fused-ring (bicyclic) bond motifs is 4. The number of carbonyl (C=O) groups excluding carboxylic acids is 3. The summed E-state index contributed by atoms with van der Waals surface area (Å²) in [6.07, 6.45) is 8.04.